The van der Waals surface area contributed by atoms with E-state index in [-0.39, 0.29) is 17.3 Å². The maximum atomic E-state index is 16.1. The van der Waals surface area contributed by atoms with Crippen LogP contribution in [0.4, 0.5) is 8.78 Å². The van der Waals surface area contributed by atoms with E-state index < -0.39 is 11.8 Å². The molecule has 35 heavy (non-hydrogen) atoms. The quantitative estimate of drug-likeness (QED) is 0.333. The maximum Gasteiger partial charge on any atom is 0.335 e. The van der Waals surface area contributed by atoms with E-state index in [1.165, 1.54) is 24.3 Å². The van der Waals surface area contributed by atoms with Crippen molar-refractivity contribution in [2.24, 2.45) is 0 Å². The Morgan fingerprint density at radius 1 is 1.06 bits per heavy atom. The Hall–Kier alpha value is -4.04. The molecule has 0 unspecified atom stereocenters. The van der Waals surface area contributed by atoms with Crippen molar-refractivity contribution in [3.05, 3.63) is 83.7 Å². The Balaban J connectivity index is 1.75. The van der Waals surface area contributed by atoms with Gasteiger partial charge < -0.3 is 14.4 Å². The normalized spacial score (nSPS) is 14.7. The Kier molecular flexibility index (Phi) is 5.11. The molecule has 1 aliphatic heterocycles. The number of benzene rings is 3. The van der Waals surface area contributed by atoms with Crippen LogP contribution in [0.5, 0.6) is 0 Å². The lowest BCUT2D eigenvalue weighted by atomic mass is 9.89. The van der Waals surface area contributed by atoms with E-state index in [1.807, 2.05) is 10.6 Å². The van der Waals surface area contributed by atoms with Crippen LogP contribution >= 0.6 is 0 Å². The van der Waals surface area contributed by atoms with Crippen LogP contribution in [0.25, 0.3) is 38.6 Å². The molecule has 0 atom stereocenters. The second kappa shape index (κ2) is 8.32. The number of fused-ring (bicyclic) bond motifs is 2. The number of nitrogens with one attached hydrogen (secondary N) is 1. The van der Waals surface area contributed by atoms with Gasteiger partial charge >= 0.3 is 5.97 Å². The maximum absolute atomic E-state index is 16.1. The van der Waals surface area contributed by atoms with E-state index in [4.69, 9.17) is 4.74 Å². The van der Waals surface area contributed by atoms with Crippen molar-refractivity contribution in [1.29, 1.82) is 0 Å². The van der Waals surface area contributed by atoms with Crippen LogP contribution in [0, 0.1) is 11.6 Å². The molecule has 3 heterocycles. The first-order valence-corrected chi connectivity index (χ1v) is 11.4. The number of H-pyrrole nitrogens is 1. The molecule has 3 aromatic carbocycles. The third-order valence-corrected chi connectivity index (χ3v) is 6.76. The summed E-state index contributed by atoms with van der Waals surface area (Å²) in [6, 6.07) is 14.5. The van der Waals surface area contributed by atoms with Gasteiger partial charge in [0.2, 0.25) is 0 Å². The molecular weight excluding hydrogens is 452 g/mol. The fourth-order valence-electron chi connectivity index (χ4n) is 5.12. The third-order valence-electron chi connectivity index (χ3n) is 6.76. The number of aromatic nitrogens is 3. The molecular formula is C27H21F2N3O3. The van der Waals surface area contributed by atoms with Crippen molar-refractivity contribution < 1.29 is 23.4 Å². The Morgan fingerprint density at radius 3 is 2.46 bits per heavy atom. The largest absolute Gasteiger partial charge is 0.478 e. The first kappa shape index (κ1) is 21.5. The summed E-state index contributed by atoms with van der Waals surface area (Å²) in [5.41, 5.74) is 4.12. The van der Waals surface area contributed by atoms with Crippen molar-refractivity contribution in [3.63, 3.8) is 0 Å². The van der Waals surface area contributed by atoms with Gasteiger partial charge in [0.25, 0.3) is 0 Å². The molecule has 1 fully saturated rings. The SMILES string of the molecule is O=C(O)c1ccc(-c2c(C3CCOCC3)n(-c3ccc(F)cc3)c3cc4cn[nH]c4c(F)c23)cc1. The predicted octanol–water partition coefficient (Wildman–Crippen LogP) is 6.04. The fourth-order valence-corrected chi connectivity index (χ4v) is 5.12. The minimum Gasteiger partial charge on any atom is -0.478 e. The first-order chi connectivity index (χ1) is 17.0. The molecule has 6 nitrogen and oxygen atoms in total. The molecule has 0 radical (unpaired) electrons. The number of carboxylic acids is 1. The van der Waals surface area contributed by atoms with Gasteiger partial charge in [0.05, 0.1) is 17.3 Å². The first-order valence-electron chi connectivity index (χ1n) is 11.4. The van der Waals surface area contributed by atoms with Crippen LogP contribution in [0.15, 0.2) is 60.8 Å². The molecule has 5 aromatic rings. The highest BCUT2D eigenvalue weighted by atomic mass is 19.1. The molecule has 8 heteroatoms. The molecule has 0 spiro atoms. The zero-order valence-electron chi connectivity index (χ0n) is 18.6. The molecule has 1 saturated heterocycles. The summed E-state index contributed by atoms with van der Waals surface area (Å²) in [6.07, 6.45) is 3.08. The van der Waals surface area contributed by atoms with Gasteiger partial charge in [-0.05, 0) is 60.9 Å². The van der Waals surface area contributed by atoms with Gasteiger partial charge in [-0.15, -0.1) is 0 Å². The topological polar surface area (TPSA) is 80.1 Å². The smallest absolute Gasteiger partial charge is 0.335 e. The Morgan fingerprint density at radius 2 is 1.77 bits per heavy atom. The number of hydrogen-bond donors (Lipinski definition) is 2. The van der Waals surface area contributed by atoms with E-state index in [9.17, 15) is 14.3 Å². The van der Waals surface area contributed by atoms with Gasteiger partial charge in [-0.1, -0.05) is 12.1 Å². The van der Waals surface area contributed by atoms with Crippen molar-refractivity contribution in [3.8, 4) is 16.8 Å². The minimum atomic E-state index is -1.03. The molecule has 176 valence electrons. The van der Waals surface area contributed by atoms with E-state index in [0.717, 1.165) is 18.5 Å². The zero-order chi connectivity index (χ0) is 24.1. The molecule has 2 N–H and O–H groups in total. The predicted molar refractivity (Wildman–Crippen MR) is 128 cm³/mol. The van der Waals surface area contributed by atoms with Crippen molar-refractivity contribution in [2.45, 2.75) is 18.8 Å². The highest BCUT2D eigenvalue weighted by Gasteiger charge is 2.30. The van der Waals surface area contributed by atoms with Crippen LogP contribution in [0.3, 0.4) is 0 Å². The van der Waals surface area contributed by atoms with Gasteiger partial charge in [-0.25, -0.2) is 13.6 Å². The van der Waals surface area contributed by atoms with Gasteiger partial charge in [-0.2, -0.15) is 5.10 Å². The van der Waals surface area contributed by atoms with E-state index in [0.29, 0.717) is 51.8 Å². The van der Waals surface area contributed by atoms with Crippen LogP contribution < -0.4 is 0 Å². The van der Waals surface area contributed by atoms with Crippen molar-refractivity contribution in [1.82, 2.24) is 14.8 Å². The lowest BCUT2D eigenvalue weighted by Gasteiger charge is -2.26. The van der Waals surface area contributed by atoms with E-state index >= 15 is 4.39 Å². The van der Waals surface area contributed by atoms with Crippen molar-refractivity contribution in [2.75, 3.05) is 13.2 Å². The summed E-state index contributed by atoms with van der Waals surface area (Å²) >= 11 is 0. The van der Waals surface area contributed by atoms with E-state index in [1.54, 1.807) is 30.5 Å². The minimum absolute atomic E-state index is 0.0613. The summed E-state index contributed by atoms with van der Waals surface area (Å²) in [7, 11) is 0. The van der Waals surface area contributed by atoms with Gasteiger partial charge in [0.15, 0.2) is 5.82 Å². The van der Waals surface area contributed by atoms with E-state index in [2.05, 4.69) is 10.2 Å². The molecule has 0 amide bonds. The number of hydrogen-bond acceptors (Lipinski definition) is 3. The number of nitrogens with zero attached hydrogens (tertiary/aromatic N) is 2. The van der Waals surface area contributed by atoms with Gasteiger partial charge in [0, 0.05) is 46.8 Å². The van der Waals surface area contributed by atoms with Crippen molar-refractivity contribution >= 4 is 27.8 Å². The molecule has 0 bridgehead atoms. The Bertz CT molecular complexity index is 1560. The summed E-state index contributed by atoms with van der Waals surface area (Å²) in [5.74, 6) is -1.75. The second-order valence-electron chi connectivity index (χ2n) is 8.76. The number of aromatic carboxylic acids is 1. The zero-order valence-corrected chi connectivity index (χ0v) is 18.6. The van der Waals surface area contributed by atoms with Crippen LogP contribution in [0.2, 0.25) is 0 Å². The summed E-state index contributed by atoms with van der Waals surface area (Å²) in [5, 5.41) is 17.2. The fraction of sp³-hybridized carbons (Fsp3) is 0.185. The van der Waals surface area contributed by atoms with Gasteiger partial charge in [-0.3, -0.25) is 5.10 Å². The molecule has 2 aromatic heterocycles. The lowest BCUT2D eigenvalue weighted by molar-refractivity contribution is 0.0697. The average molecular weight is 473 g/mol. The summed E-state index contributed by atoms with van der Waals surface area (Å²) in [6.45, 7) is 1.17. The van der Waals surface area contributed by atoms with Crippen LogP contribution in [0.1, 0.15) is 34.8 Å². The second-order valence-corrected chi connectivity index (χ2v) is 8.76. The summed E-state index contributed by atoms with van der Waals surface area (Å²) in [4.78, 5) is 11.4. The molecule has 6 rings (SSSR count). The number of ether oxygens (including phenoxy) is 1. The Labute approximate surface area is 198 Å². The molecule has 1 aliphatic rings. The highest BCUT2D eigenvalue weighted by Crippen LogP contribution is 2.45. The standard InChI is InChI=1S/C27H21F2N3O3/c28-19-5-7-20(8-6-19)32-21-13-18-14-30-31-25(18)24(29)23(21)22(26(32)16-9-11-35-12-10-16)15-1-3-17(4-2-15)27(33)34/h1-8,13-14,16H,9-12H2,(H,30,31)(H,33,34). The molecule has 0 saturated carbocycles. The lowest BCUT2D eigenvalue weighted by Crippen LogP contribution is -2.17. The monoisotopic (exact) mass is 473 g/mol. The molecule has 0 aliphatic carbocycles. The number of rotatable bonds is 4. The van der Waals surface area contributed by atoms with Gasteiger partial charge in [0.1, 0.15) is 11.3 Å². The number of carbonyl (C=O) groups is 1. The average Bonchev–Trinajstić information content (AvgIpc) is 3.49. The summed E-state index contributed by atoms with van der Waals surface area (Å²) < 4.78 is 37.6. The number of aromatic amines is 1. The third kappa shape index (κ3) is 3.49. The number of carboxylic acid groups (broad SMARTS) is 1. The highest BCUT2D eigenvalue weighted by molar-refractivity contribution is 6.06. The van der Waals surface area contributed by atoms with Crippen LogP contribution in [-0.4, -0.2) is 39.1 Å². The van der Waals surface area contributed by atoms with Crippen LogP contribution in [-0.2, 0) is 4.74 Å². The number of halogens is 2.